The molecule has 1 saturated carbocycles. The van der Waals surface area contributed by atoms with Crippen molar-refractivity contribution >= 4 is 22.9 Å². The van der Waals surface area contributed by atoms with Crippen LogP contribution >= 0.6 is 22.9 Å². The summed E-state index contributed by atoms with van der Waals surface area (Å²) in [6.07, 6.45) is 5.89. The van der Waals surface area contributed by atoms with Crippen molar-refractivity contribution in [2.45, 2.75) is 37.8 Å². The van der Waals surface area contributed by atoms with Gasteiger partial charge in [-0.05, 0) is 19.3 Å². The van der Waals surface area contributed by atoms with E-state index >= 15 is 0 Å². The second kappa shape index (κ2) is 1.84. The summed E-state index contributed by atoms with van der Waals surface area (Å²) in [4.78, 5) is 0. The van der Waals surface area contributed by atoms with Gasteiger partial charge in [0.25, 0.3) is 0 Å². The van der Waals surface area contributed by atoms with E-state index in [9.17, 15) is 0 Å². The fourth-order valence-corrected chi connectivity index (χ4v) is 2.76. The average molecular weight is 223 g/mol. The third-order valence-corrected chi connectivity index (χ3v) is 3.89. The van der Waals surface area contributed by atoms with E-state index in [1.807, 2.05) is 0 Å². The third kappa shape index (κ3) is 0.620. The Morgan fingerprint density at radius 1 is 1.25 bits per heavy atom. The molecule has 3 rings (SSSR count). The van der Waals surface area contributed by atoms with Crippen LogP contribution in [-0.4, -0.2) is 15.2 Å². The maximum atomic E-state index is 2.50. The molecule has 0 aromatic carbocycles. The molecule has 1 nitrogen and oxygen atoms in total. The van der Waals surface area contributed by atoms with Crippen LogP contribution in [0.2, 0.25) is 0 Å². The number of hydrogen-bond acceptors (Lipinski definition) is 1. The highest BCUT2D eigenvalue weighted by Crippen LogP contribution is 2.40. The van der Waals surface area contributed by atoms with Crippen molar-refractivity contribution in [2.24, 2.45) is 0 Å². The van der Waals surface area contributed by atoms with E-state index in [0.29, 0.717) is 0 Å². The van der Waals surface area contributed by atoms with E-state index < -0.39 is 0 Å². The van der Waals surface area contributed by atoms with E-state index in [1.54, 1.807) is 0 Å². The lowest BCUT2D eigenvalue weighted by atomic mass is 9.83. The van der Waals surface area contributed by atoms with Crippen molar-refractivity contribution in [1.29, 1.82) is 0 Å². The lowest BCUT2D eigenvalue weighted by Gasteiger charge is -2.49. The molecule has 2 saturated heterocycles. The molecule has 0 N–H and O–H groups in total. The number of hydrogen-bond donors (Lipinski definition) is 0. The standard InChI is InChI=1S/C6H10IN/c7-8-5-2-1-3-6(8)4-5/h5-6H,1-4H2. The molecule has 8 heavy (non-hydrogen) atoms. The number of fused-ring (bicyclic) bond motifs is 2. The van der Waals surface area contributed by atoms with Gasteiger partial charge in [0.2, 0.25) is 0 Å². The average Bonchev–Trinajstić information content (AvgIpc) is 1.89. The number of halogens is 1. The van der Waals surface area contributed by atoms with Crippen molar-refractivity contribution in [3.8, 4) is 0 Å². The van der Waals surface area contributed by atoms with Crippen molar-refractivity contribution in [3.63, 3.8) is 0 Å². The first kappa shape index (κ1) is 5.47. The summed E-state index contributed by atoms with van der Waals surface area (Å²) in [5.74, 6) is 0. The highest BCUT2D eigenvalue weighted by molar-refractivity contribution is 14.1. The van der Waals surface area contributed by atoms with Crippen LogP contribution < -0.4 is 0 Å². The van der Waals surface area contributed by atoms with Crippen molar-refractivity contribution in [2.75, 3.05) is 0 Å². The molecular weight excluding hydrogens is 213 g/mol. The molecule has 0 aromatic heterocycles. The van der Waals surface area contributed by atoms with E-state index in [1.165, 1.54) is 25.7 Å². The van der Waals surface area contributed by atoms with Gasteiger partial charge in [-0.15, -0.1) is 0 Å². The lowest BCUT2D eigenvalue weighted by Crippen LogP contribution is -2.52. The molecule has 2 heterocycles. The van der Waals surface area contributed by atoms with Gasteiger partial charge in [0.15, 0.2) is 0 Å². The molecule has 3 fully saturated rings. The van der Waals surface area contributed by atoms with Crippen LogP contribution in [-0.2, 0) is 0 Å². The fraction of sp³-hybridized carbons (Fsp3) is 1.00. The van der Waals surface area contributed by atoms with Gasteiger partial charge in [-0.3, -0.25) is 0 Å². The SMILES string of the molecule is IN1C2CCCC1C2. The Morgan fingerprint density at radius 2 is 1.88 bits per heavy atom. The minimum atomic E-state index is 0.967. The summed E-state index contributed by atoms with van der Waals surface area (Å²) in [6.45, 7) is 0. The molecule has 0 radical (unpaired) electrons. The molecule has 2 unspecified atom stereocenters. The monoisotopic (exact) mass is 223 g/mol. The predicted molar refractivity (Wildman–Crippen MR) is 41.9 cm³/mol. The highest BCUT2D eigenvalue weighted by Gasteiger charge is 2.39. The van der Waals surface area contributed by atoms with E-state index in [4.69, 9.17) is 0 Å². The maximum Gasteiger partial charge on any atom is 0.0212 e. The Morgan fingerprint density at radius 3 is 2.12 bits per heavy atom. The van der Waals surface area contributed by atoms with Crippen molar-refractivity contribution in [1.82, 2.24) is 3.11 Å². The van der Waals surface area contributed by atoms with Gasteiger partial charge in [-0.2, -0.15) is 0 Å². The fourth-order valence-electron chi connectivity index (χ4n) is 1.75. The van der Waals surface area contributed by atoms with Gasteiger partial charge < -0.3 is 0 Å². The smallest absolute Gasteiger partial charge is 0.0212 e. The second-order valence-corrected chi connectivity index (χ2v) is 3.93. The first-order chi connectivity index (χ1) is 3.88. The quantitative estimate of drug-likeness (QED) is 0.448. The Hall–Kier alpha value is 0.690. The van der Waals surface area contributed by atoms with Gasteiger partial charge in [-0.1, -0.05) is 6.42 Å². The van der Waals surface area contributed by atoms with Gasteiger partial charge in [0.1, 0.15) is 0 Å². The molecule has 3 aliphatic rings. The Labute approximate surface area is 63.9 Å². The van der Waals surface area contributed by atoms with Crippen LogP contribution in [0.5, 0.6) is 0 Å². The van der Waals surface area contributed by atoms with Gasteiger partial charge in [-0.25, -0.2) is 3.11 Å². The molecule has 1 aliphatic carbocycles. The molecule has 2 heteroatoms. The molecule has 0 amide bonds. The number of piperidine rings is 1. The zero-order valence-electron chi connectivity index (χ0n) is 4.81. The van der Waals surface area contributed by atoms with Crippen molar-refractivity contribution in [3.05, 3.63) is 0 Å². The minimum absolute atomic E-state index is 0.967. The van der Waals surface area contributed by atoms with Crippen molar-refractivity contribution < 1.29 is 0 Å². The van der Waals surface area contributed by atoms with E-state index in [0.717, 1.165) is 12.1 Å². The van der Waals surface area contributed by atoms with Crippen LogP contribution in [0.15, 0.2) is 0 Å². The highest BCUT2D eigenvalue weighted by atomic mass is 127. The molecule has 46 valence electrons. The van der Waals surface area contributed by atoms with Crippen LogP contribution in [0, 0.1) is 0 Å². The largest absolute Gasteiger partial charge is 0.241 e. The maximum absolute atomic E-state index is 2.50. The summed E-state index contributed by atoms with van der Waals surface area (Å²) >= 11 is 2.47. The van der Waals surface area contributed by atoms with Crippen LogP contribution in [0.1, 0.15) is 25.7 Å². The molecule has 2 bridgehead atoms. The lowest BCUT2D eigenvalue weighted by molar-refractivity contribution is 0.0870. The van der Waals surface area contributed by atoms with Crippen LogP contribution in [0.4, 0.5) is 0 Å². The summed E-state index contributed by atoms with van der Waals surface area (Å²) in [6, 6.07) is 1.93. The normalized spacial score (nSPS) is 46.1. The van der Waals surface area contributed by atoms with Crippen LogP contribution in [0.3, 0.4) is 0 Å². The van der Waals surface area contributed by atoms with Gasteiger partial charge in [0, 0.05) is 34.9 Å². The first-order valence-corrected chi connectivity index (χ1v) is 4.28. The molecule has 2 atom stereocenters. The van der Waals surface area contributed by atoms with Crippen LogP contribution in [0.25, 0.3) is 0 Å². The van der Waals surface area contributed by atoms with Gasteiger partial charge in [0.05, 0.1) is 0 Å². The second-order valence-electron chi connectivity index (χ2n) is 2.82. The number of nitrogens with zero attached hydrogens (tertiary/aromatic N) is 1. The summed E-state index contributed by atoms with van der Waals surface area (Å²) < 4.78 is 2.50. The third-order valence-electron chi connectivity index (χ3n) is 2.32. The Bertz CT molecular complexity index is 90.7. The minimum Gasteiger partial charge on any atom is -0.241 e. The molecular formula is C6H10IN. The molecule has 2 aliphatic heterocycles. The van der Waals surface area contributed by atoms with E-state index in [-0.39, 0.29) is 0 Å². The Balaban J connectivity index is 2.03. The molecule has 0 aromatic rings. The summed E-state index contributed by atoms with van der Waals surface area (Å²) in [5.41, 5.74) is 0. The zero-order chi connectivity index (χ0) is 5.56. The topological polar surface area (TPSA) is 3.24 Å². The first-order valence-electron chi connectivity index (χ1n) is 3.32. The summed E-state index contributed by atoms with van der Waals surface area (Å²) in [5, 5.41) is 0. The van der Waals surface area contributed by atoms with E-state index in [2.05, 4.69) is 26.0 Å². The molecule has 0 spiro atoms. The van der Waals surface area contributed by atoms with Gasteiger partial charge >= 0.3 is 0 Å². The number of rotatable bonds is 0. The Kier molecular flexibility index (Phi) is 1.26. The zero-order valence-corrected chi connectivity index (χ0v) is 6.97. The summed E-state index contributed by atoms with van der Waals surface area (Å²) in [7, 11) is 0. The predicted octanol–water partition coefficient (Wildman–Crippen LogP) is 1.96.